The minimum absolute atomic E-state index is 0.393. The third-order valence-corrected chi connectivity index (χ3v) is 4.84. The molecule has 28 heavy (non-hydrogen) atoms. The monoisotopic (exact) mass is 401 g/mol. The number of hydrogen-bond acceptors (Lipinski definition) is 5. The first-order valence-corrected chi connectivity index (χ1v) is 9.87. The molecule has 0 fully saturated rings. The van der Waals surface area contributed by atoms with Crippen LogP contribution in [0.2, 0.25) is 5.15 Å². The third-order valence-electron chi connectivity index (χ3n) is 4.56. The molecule has 1 aromatic carbocycles. The maximum absolute atomic E-state index is 11.4. The summed E-state index contributed by atoms with van der Waals surface area (Å²) in [4.78, 5) is 23.8. The van der Waals surface area contributed by atoms with Crippen molar-refractivity contribution >= 4 is 28.7 Å². The van der Waals surface area contributed by atoms with E-state index in [2.05, 4.69) is 15.0 Å². The van der Waals surface area contributed by atoms with Gasteiger partial charge in [-0.05, 0) is 25.0 Å². The molecular formula is C20H24ClN5O2. The van der Waals surface area contributed by atoms with Crippen LogP contribution in [-0.2, 0) is 6.54 Å². The molecule has 0 bridgehead atoms. The van der Waals surface area contributed by atoms with Gasteiger partial charge in [-0.3, -0.25) is 4.79 Å². The van der Waals surface area contributed by atoms with Gasteiger partial charge in [0.1, 0.15) is 17.6 Å². The van der Waals surface area contributed by atoms with E-state index in [-0.39, 0.29) is 0 Å². The van der Waals surface area contributed by atoms with Crippen LogP contribution in [0.5, 0.6) is 5.75 Å². The molecule has 3 aromatic rings. The Morgan fingerprint density at radius 3 is 2.61 bits per heavy atom. The first-order chi connectivity index (χ1) is 13.7. The number of primary amides is 1. The van der Waals surface area contributed by atoms with Gasteiger partial charge in [0, 0.05) is 6.54 Å². The summed E-state index contributed by atoms with van der Waals surface area (Å²) < 4.78 is 7.71. The van der Waals surface area contributed by atoms with Crippen LogP contribution in [0.25, 0.3) is 11.2 Å². The molecule has 0 unspecified atom stereocenters. The van der Waals surface area contributed by atoms with Crippen LogP contribution < -0.4 is 10.5 Å². The van der Waals surface area contributed by atoms with E-state index < -0.39 is 5.91 Å². The summed E-state index contributed by atoms with van der Waals surface area (Å²) in [5, 5.41) is 0.393. The van der Waals surface area contributed by atoms with Gasteiger partial charge in [-0.25, -0.2) is 15.0 Å². The lowest BCUT2D eigenvalue weighted by Gasteiger charge is -2.09. The number of imidazole rings is 1. The quantitative estimate of drug-likeness (QED) is 0.387. The lowest BCUT2D eigenvalue weighted by atomic mass is 10.1. The number of ether oxygens (including phenoxy) is 1. The maximum Gasteiger partial charge on any atom is 0.252 e. The highest BCUT2D eigenvalue weighted by atomic mass is 35.5. The molecule has 0 aliphatic carbocycles. The Hall–Kier alpha value is -2.67. The number of hydrogen-bond donors (Lipinski definition) is 1. The fraction of sp³-hybridized carbons (Fsp3) is 0.400. The van der Waals surface area contributed by atoms with Gasteiger partial charge in [0.05, 0.1) is 18.5 Å². The van der Waals surface area contributed by atoms with Gasteiger partial charge in [0.25, 0.3) is 5.91 Å². The molecule has 0 radical (unpaired) electrons. The summed E-state index contributed by atoms with van der Waals surface area (Å²) in [6.07, 6.45) is 9.81. The Bertz CT molecular complexity index is 928. The number of unbranched alkanes of at least 4 members (excludes halogenated alkanes) is 5. The summed E-state index contributed by atoms with van der Waals surface area (Å²) in [5.41, 5.74) is 7.22. The van der Waals surface area contributed by atoms with E-state index in [0.29, 0.717) is 28.6 Å². The molecule has 2 N–H and O–H groups in total. The SMILES string of the molecule is NC(=O)c1ccccc1OCCCCCCCCn1cnc2c(Cl)ncnc21. The van der Waals surface area contributed by atoms with Gasteiger partial charge >= 0.3 is 0 Å². The number of carbonyl (C=O) groups excluding carboxylic acids is 1. The molecule has 0 saturated carbocycles. The number of nitrogens with zero attached hydrogens (tertiary/aromatic N) is 4. The van der Waals surface area contributed by atoms with Crippen molar-refractivity contribution in [3.8, 4) is 5.75 Å². The van der Waals surface area contributed by atoms with Crippen molar-refractivity contribution in [2.75, 3.05) is 6.61 Å². The molecule has 7 nitrogen and oxygen atoms in total. The second-order valence-corrected chi connectivity index (χ2v) is 6.96. The Morgan fingerprint density at radius 1 is 1.04 bits per heavy atom. The normalized spacial score (nSPS) is 11.0. The van der Waals surface area contributed by atoms with E-state index in [9.17, 15) is 4.79 Å². The van der Waals surface area contributed by atoms with Crippen molar-refractivity contribution in [2.24, 2.45) is 5.73 Å². The first kappa shape index (κ1) is 20.1. The minimum Gasteiger partial charge on any atom is -0.493 e. The molecule has 8 heteroatoms. The molecule has 2 heterocycles. The van der Waals surface area contributed by atoms with Crippen molar-refractivity contribution in [3.63, 3.8) is 0 Å². The number of benzene rings is 1. The summed E-state index contributed by atoms with van der Waals surface area (Å²) in [7, 11) is 0. The number of amides is 1. The fourth-order valence-corrected chi connectivity index (χ4v) is 3.26. The van der Waals surface area contributed by atoms with E-state index in [0.717, 1.165) is 44.3 Å². The van der Waals surface area contributed by atoms with Crippen molar-refractivity contribution in [1.82, 2.24) is 19.5 Å². The van der Waals surface area contributed by atoms with E-state index in [1.807, 2.05) is 10.6 Å². The van der Waals surface area contributed by atoms with Crippen LogP contribution >= 0.6 is 11.6 Å². The van der Waals surface area contributed by atoms with Crippen LogP contribution in [0.1, 0.15) is 48.9 Å². The lowest BCUT2D eigenvalue weighted by molar-refractivity contribution is 0.0996. The predicted molar refractivity (Wildman–Crippen MR) is 108 cm³/mol. The van der Waals surface area contributed by atoms with Gasteiger partial charge in [-0.15, -0.1) is 0 Å². The largest absolute Gasteiger partial charge is 0.493 e. The Labute approximate surface area is 168 Å². The predicted octanol–water partition coefficient (Wildman–Crippen LogP) is 4.00. The van der Waals surface area contributed by atoms with E-state index >= 15 is 0 Å². The number of aryl methyl sites for hydroxylation is 1. The van der Waals surface area contributed by atoms with Gasteiger partial charge in [0.2, 0.25) is 0 Å². The molecule has 0 aliphatic rings. The zero-order valence-corrected chi connectivity index (χ0v) is 16.4. The van der Waals surface area contributed by atoms with Gasteiger partial charge in [-0.1, -0.05) is 49.4 Å². The fourth-order valence-electron chi connectivity index (χ4n) is 3.09. The smallest absolute Gasteiger partial charge is 0.252 e. The minimum atomic E-state index is -0.463. The number of aromatic nitrogens is 4. The van der Waals surface area contributed by atoms with E-state index in [4.69, 9.17) is 22.1 Å². The average molecular weight is 402 g/mol. The van der Waals surface area contributed by atoms with Crippen LogP contribution in [0.15, 0.2) is 36.9 Å². The van der Waals surface area contributed by atoms with E-state index in [1.165, 1.54) is 12.7 Å². The van der Waals surface area contributed by atoms with Crippen LogP contribution in [0.4, 0.5) is 0 Å². The highest BCUT2D eigenvalue weighted by Crippen LogP contribution is 2.19. The van der Waals surface area contributed by atoms with Crippen molar-refractivity contribution in [2.45, 2.75) is 45.1 Å². The zero-order valence-electron chi connectivity index (χ0n) is 15.7. The first-order valence-electron chi connectivity index (χ1n) is 9.50. The number of carbonyl (C=O) groups is 1. The van der Waals surface area contributed by atoms with Crippen LogP contribution in [0, 0.1) is 0 Å². The number of nitrogens with two attached hydrogens (primary N) is 1. The summed E-state index contributed by atoms with van der Waals surface area (Å²) >= 11 is 6.02. The highest BCUT2D eigenvalue weighted by Gasteiger charge is 2.08. The van der Waals surface area contributed by atoms with Crippen LogP contribution in [-0.4, -0.2) is 32.0 Å². The average Bonchev–Trinajstić information content (AvgIpc) is 3.11. The van der Waals surface area contributed by atoms with Crippen molar-refractivity contribution in [1.29, 1.82) is 0 Å². The topological polar surface area (TPSA) is 95.9 Å². The van der Waals surface area contributed by atoms with Crippen molar-refractivity contribution < 1.29 is 9.53 Å². The molecule has 0 spiro atoms. The number of rotatable bonds is 11. The zero-order chi connectivity index (χ0) is 19.8. The molecule has 2 aromatic heterocycles. The third kappa shape index (κ3) is 5.19. The number of halogens is 1. The Kier molecular flexibility index (Phi) is 7.19. The Morgan fingerprint density at radius 2 is 1.79 bits per heavy atom. The highest BCUT2D eigenvalue weighted by molar-refractivity contribution is 6.33. The second kappa shape index (κ2) is 10.0. The molecule has 1 amide bonds. The molecule has 148 valence electrons. The summed E-state index contributed by atoms with van der Waals surface area (Å²) in [5.74, 6) is 0.0986. The van der Waals surface area contributed by atoms with E-state index in [1.54, 1.807) is 24.5 Å². The summed E-state index contributed by atoms with van der Waals surface area (Å²) in [6, 6.07) is 7.07. The lowest BCUT2D eigenvalue weighted by Crippen LogP contribution is -2.13. The number of para-hydroxylation sites is 1. The second-order valence-electron chi connectivity index (χ2n) is 6.60. The van der Waals surface area contributed by atoms with Gasteiger partial charge < -0.3 is 15.0 Å². The molecule has 3 rings (SSSR count). The molecule has 0 saturated heterocycles. The standard InChI is InChI=1S/C20H24ClN5O2/c21-18-17-20(24-13-23-18)26(14-25-17)11-7-3-1-2-4-8-12-28-16-10-6-5-9-15(16)19(22)27/h5-6,9-10,13-14H,1-4,7-8,11-12H2,(H2,22,27). The molecule has 0 atom stereocenters. The Balaban J connectivity index is 1.29. The van der Waals surface area contributed by atoms with Gasteiger partial charge in [-0.2, -0.15) is 0 Å². The molecule has 0 aliphatic heterocycles. The maximum atomic E-state index is 11.4. The van der Waals surface area contributed by atoms with Gasteiger partial charge in [0.15, 0.2) is 10.8 Å². The summed E-state index contributed by atoms with van der Waals surface area (Å²) in [6.45, 7) is 1.46. The van der Waals surface area contributed by atoms with Crippen LogP contribution in [0.3, 0.4) is 0 Å². The number of fused-ring (bicyclic) bond motifs is 1. The molecular weight excluding hydrogens is 378 g/mol. The van der Waals surface area contributed by atoms with Crippen molar-refractivity contribution in [3.05, 3.63) is 47.6 Å².